The molecule has 0 aliphatic carbocycles. The number of aromatic nitrogens is 2. The Bertz CT molecular complexity index is 730. The van der Waals surface area contributed by atoms with Crippen LogP contribution in [0.3, 0.4) is 0 Å². The van der Waals surface area contributed by atoms with Crippen LogP contribution in [0.5, 0.6) is 0 Å². The lowest BCUT2D eigenvalue weighted by Gasteiger charge is -2.03. The van der Waals surface area contributed by atoms with Crippen LogP contribution in [-0.2, 0) is 10.0 Å². The molecule has 2 aromatic rings. The number of rotatable bonds is 4. The molecule has 0 atom stereocenters. The lowest BCUT2D eigenvalue weighted by molar-refractivity contribution is 0.0697. The minimum atomic E-state index is -3.81. The van der Waals surface area contributed by atoms with Crippen LogP contribution in [0.2, 0.25) is 0 Å². The number of nitrogens with zero attached hydrogens (tertiary/aromatic N) is 1. The minimum Gasteiger partial charge on any atom is -0.478 e. The van der Waals surface area contributed by atoms with Crippen molar-refractivity contribution < 1.29 is 18.3 Å². The van der Waals surface area contributed by atoms with E-state index >= 15 is 0 Å². The average Bonchev–Trinajstić information content (AvgIpc) is 2.92. The van der Waals surface area contributed by atoms with E-state index in [-0.39, 0.29) is 15.6 Å². The lowest BCUT2D eigenvalue weighted by Crippen LogP contribution is -2.12. The van der Waals surface area contributed by atoms with Crippen molar-refractivity contribution in [3.8, 4) is 0 Å². The predicted octanol–water partition coefficient (Wildman–Crippen LogP) is 1.59. The number of hydrogen-bond donors (Lipinski definition) is 3. The first-order valence-corrected chi connectivity index (χ1v) is 7.54. The Balaban J connectivity index is 2.32. The molecule has 0 aliphatic heterocycles. The van der Waals surface area contributed by atoms with Gasteiger partial charge in [0.2, 0.25) is 0 Å². The molecule has 0 aliphatic rings. The van der Waals surface area contributed by atoms with Crippen molar-refractivity contribution in [2.75, 3.05) is 4.72 Å². The van der Waals surface area contributed by atoms with Gasteiger partial charge in [-0.1, -0.05) is 0 Å². The molecule has 0 aromatic carbocycles. The van der Waals surface area contributed by atoms with Crippen LogP contribution in [0, 0.1) is 13.8 Å². The van der Waals surface area contributed by atoms with Gasteiger partial charge in [0.05, 0.1) is 5.56 Å². The zero-order valence-corrected chi connectivity index (χ0v) is 11.7. The SMILES string of the molecule is Cc1[nH]nc(NS(=O)(=O)c2cc(C(=O)O)cs2)c1C. The normalized spacial score (nSPS) is 11.5. The van der Waals surface area contributed by atoms with Crippen LogP contribution in [0.4, 0.5) is 5.82 Å². The van der Waals surface area contributed by atoms with Gasteiger partial charge in [-0.05, 0) is 19.9 Å². The molecule has 2 rings (SSSR count). The Labute approximate surface area is 113 Å². The summed E-state index contributed by atoms with van der Waals surface area (Å²) in [5, 5.41) is 16.6. The summed E-state index contributed by atoms with van der Waals surface area (Å²) in [6.45, 7) is 3.50. The van der Waals surface area contributed by atoms with Gasteiger partial charge in [0.25, 0.3) is 10.0 Å². The standard InChI is InChI=1S/C10H11N3O4S2/c1-5-6(2)11-12-9(5)13-19(16,17)8-3-7(4-18-8)10(14)15/h3-4H,1-2H3,(H,14,15)(H2,11,12,13). The fourth-order valence-corrected chi connectivity index (χ4v) is 3.55. The molecule has 102 valence electrons. The van der Waals surface area contributed by atoms with E-state index in [9.17, 15) is 13.2 Å². The summed E-state index contributed by atoms with van der Waals surface area (Å²) in [4.78, 5) is 10.7. The van der Waals surface area contributed by atoms with Gasteiger partial charge in [-0.3, -0.25) is 9.82 Å². The molecule has 2 aromatic heterocycles. The van der Waals surface area contributed by atoms with Crippen LogP contribution in [0.1, 0.15) is 21.6 Å². The maximum atomic E-state index is 12.1. The van der Waals surface area contributed by atoms with Crippen molar-refractivity contribution in [3.63, 3.8) is 0 Å². The second-order valence-corrected chi connectivity index (χ2v) is 6.71. The van der Waals surface area contributed by atoms with Crippen molar-refractivity contribution in [3.05, 3.63) is 28.3 Å². The Morgan fingerprint density at radius 1 is 1.47 bits per heavy atom. The van der Waals surface area contributed by atoms with Crippen LogP contribution in [0.25, 0.3) is 0 Å². The third-order valence-electron chi connectivity index (χ3n) is 2.57. The number of H-pyrrole nitrogens is 1. The molecule has 0 radical (unpaired) electrons. The highest BCUT2D eigenvalue weighted by molar-refractivity contribution is 7.94. The first kappa shape index (κ1) is 13.6. The number of carboxylic acid groups (broad SMARTS) is 1. The molecule has 19 heavy (non-hydrogen) atoms. The van der Waals surface area contributed by atoms with Gasteiger partial charge >= 0.3 is 5.97 Å². The number of aromatic carboxylic acids is 1. The summed E-state index contributed by atoms with van der Waals surface area (Å²) in [5.74, 6) is -0.952. The fourth-order valence-electron chi connectivity index (χ4n) is 1.33. The Morgan fingerprint density at radius 3 is 2.63 bits per heavy atom. The summed E-state index contributed by atoms with van der Waals surface area (Å²) in [7, 11) is -3.81. The first-order chi connectivity index (χ1) is 8.81. The molecular weight excluding hydrogens is 290 g/mol. The number of carboxylic acids is 1. The number of carbonyl (C=O) groups is 1. The first-order valence-electron chi connectivity index (χ1n) is 5.17. The van der Waals surface area contributed by atoms with Gasteiger partial charge in [-0.15, -0.1) is 11.3 Å². The second kappa shape index (κ2) is 4.67. The molecule has 3 N–H and O–H groups in total. The van der Waals surface area contributed by atoms with Crippen LogP contribution >= 0.6 is 11.3 Å². The van der Waals surface area contributed by atoms with E-state index in [1.165, 1.54) is 5.38 Å². The van der Waals surface area contributed by atoms with Crippen molar-refractivity contribution in [1.82, 2.24) is 10.2 Å². The predicted molar refractivity (Wildman–Crippen MR) is 70.1 cm³/mol. The Kier molecular flexibility index (Phi) is 3.33. The molecule has 0 saturated heterocycles. The number of aryl methyl sites for hydroxylation is 1. The summed E-state index contributed by atoms with van der Waals surface area (Å²) in [5.41, 5.74) is 1.40. The second-order valence-electron chi connectivity index (χ2n) is 3.89. The summed E-state index contributed by atoms with van der Waals surface area (Å²) < 4.78 is 26.4. The highest BCUT2D eigenvalue weighted by Gasteiger charge is 2.21. The third kappa shape index (κ3) is 2.61. The van der Waals surface area contributed by atoms with E-state index in [2.05, 4.69) is 14.9 Å². The van der Waals surface area contributed by atoms with Crippen molar-refractivity contribution >= 4 is 33.1 Å². The zero-order chi connectivity index (χ0) is 14.2. The molecule has 9 heteroatoms. The van der Waals surface area contributed by atoms with Gasteiger partial charge in [0, 0.05) is 16.6 Å². The Morgan fingerprint density at radius 2 is 2.16 bits per heavy atom. The highest BCUT2D eigenvalue weighted by atomic mass is 32.2. The van der Waals surface area contributed by atoms with Crippen molar-refractivity contribution in [2.45, 2.75) is 18.1 Å². The van der Waals surface area contributed by atoms with Gasteiger partial charge in [-0.25, -0.2) is 13.2 Å². The molecule has 7 nitrogen and oxygen atoms in total. The zero-order valence-electron chi connectivity index (χ0n) is 10.1. The van der Waals surface area contributed by atoms with E-state index in [1.807, 2.05) is 0 Å². The highest BCUT2D eigenvalue weighted by Crippen LogP contribution is 2.24. The molecule has 0 unspecified atom stereocenters. The van der Waals surface area contributed by atoms with E-state index in [1.54, 1.807) is 13.8 Å². The molecular formula is C10H11N3O4S2. The monoisotopic (exact) mass is 301 g/mol. The summed E-state index contributed by atoms with van der Waals surface area (Å²) >= 11 is 0.847. The molecule has 0 spiro atoms. The van der Waals surface area contributed by atoms with E-state index < -0.39 is 16.0 Å². The fraction of sp³-hybridized carbons (Fsp3) is 0.200. The van der Waals surface area contributed by atoms with Crippen LogP contribution in [0.15, 0.2) is 15.7 Å². The quantitative estimate of drug-likeness (QED) is 0.793. The molecule has 0 amide bonds. The number of nitrogens with one attached hydrogen (secondary N) is 2. The van der Waals surface area contributed by atoms with Crippen LogP contribution < -0.4 is 4.72 Å². The summed E-state index contributed by atoms with van der Waals surface area (Å²) in [6.07, 6.45) is 0. The minimum absolute atomic E-state index is 0.0553. The van der Waals surface area contributed by atoms with Crippen LogP contribution in [-0.4, -0.2) is 29.7 Å². The van der Waals surface area contributed by atoms with Gasteiger partial charge in [0.1, 0.15) is 4.21 Å². The molecule has 0 bridgehead atoms. The number of aromatic amines is 1. The van der Waals surface area contributed by atoms with Crippen molar-refractivity contribution in [2.24, 2.45) is 0 Å². The van der Waals surface area contributed by atoms with Crippen molar-refractivity contribution in [1.29, 1.82) is 0 Å². The Hall–Kier alpha value is -1.87. The van der Waals surface area contributed by atoms with E-state index in [0.717, 1.165) is 23.1 Å². The topological polar surface area (TPSA) is 112 Å². The maximum absolute atomic E-state index is 12.1. The summed E-state index contributed by atoms with van der Waals surface area (Å²) in [6, 6.07) is 1.12. The number of thiophene rings is 1. The number of anilines is 1. The van der Waals surface area contributed by atoms with Gasteiger partial charge in [0.15, 0.2) is 5.82 Å². The lowest BCUT2D eigenvalue weighted by atomic mass is 10.3. The maximum Gasteiger partial charge on any atom is 0.336 e. The number of hydrogen-bond acceptors (Lipinski definition) is 5. The average molecular weight is 301 g/mol. The third-order valence-corrected chi connectivity index (χ3v) is 5.35. The van der Waals surface area contributed by atoms with Gasteiger partial charge in [-0.2, -0.15) is 5.10 Å². The van der Waals surface area contributed by atoms with E-state index in [0.29, 0.717) is 5.56 Å². The molecule has 0 saturated carbocycles. The molecule has 2 heterocycles. The van der Waals surface area contributed by atoms with Gasteiger partial charge < -0.3 is 5.11 Å². The number of sulfonamides is 1. The largest absolute Gasteiger partial charge is 0.478 e. The smallest absolute Gasteiger partial charge is 0.336 e. The molecule has 0 fully saturated rings. The van der Waals surface area contributed by atoms with E-state index in [4.69, 9.17) is 5.11 Å².